The second-order valence-electron chi connectivity index (χ2n) is 5.25. The summed E-state index contributed by atoms with van der Waals surface area (Å²) >= 11 is 0. The smallest absolute Gasteiger partial charge is 0.0721 e. The van der Waals surface area contributed by atoms with Gasteiger partial charge in [-0.05, 0) is 18.4 Å². The van der Waals surface area contributed by atoms with Gasteiger partial charge in [0.1, 0.15) is 0 Å². The monoisotopic (exact) mass is 260 g/mol. The Morgan fingerprint density at radius 1 is 1.00 bits per heavy atom. The van der Waals surface area contributed by atoms with E-state index in [1.165, 1.54) is 49.7 Å². The summed E-state index contributed by atoms with van der Waals surface area (Å²) in [7, 11) is 0. The molecule has 1 heteroatoms. The maximum absolute atomic E-state index is 5.68. The molecule has 106 valence electrons. The molecule has 0 unspecified atom stereocenters. The molecule has 1 nitrogen and oxygen atoms in total. The van der Waals surface area contributed by atoms with Crippen molar-refractivity contribution < 1.29 is 4.74 Å². The van der Waals surface area contributed by atoms with Crippen molar-refractivity contribution in [3.05, 3.63) is 48.0 Å². The Bertz CT molecular complexity index is 329. The molecule has 19 heavy (non-hydrogen) atoms. The molecule has 1 aromatic rings. The van der Waals surface area contributed by atoms with Gasteiger partial charge in [0.25, 0.3) is 0 Å². The van der Waals surface area contributed by atoms with Gasteiger partial charge in [0, 0.05) is 0 Å². The fraction of sp³-hybridized carbons (Fsp3) is 0.556. The Morgan fingerprint density at radius 2 is 1.68 bits per heavy atom. The summed E-state index contributed by atoms with van der Waals surface area (Å²) in [5.41, 5.74) is 2.46. The van der Waals surface area contributed by atoms with Crippen molar-refractivity contribution in [3.63, 3.8) is 0 Å². The van der Waals surface area contributed by atoms with Crippen LogP contribution in [-0.4, -0.2) is 6.61 Å². The summed E-state index contributed by atoms with van der Waals surface area (Å²) < 4.78 is 5.68. The van der Waals surface area contributed by atoms with Gasteiger partial charge in [-0.3, -0.25) is 0 Å². The number of ether oxygens (including phenoxy) is 1. The van der Waals surface area contributed by atoms with E-state index >= 15 is 0 Å². The van der Waals surface area contributed by atoms with E-state index in [1.54, 1.807) is 0 Å². The third-order valence-corrected chi connectivity index (χ3v) is 3.30. The van der Waals surface area contributed by atoms with Crippen LogP contribution in [0.5, 0.6) is 0 Å². The van der Waals surface area contributed by atoms with Crippen LogP contribution in [0.3, 0.4) is 0 Å². The fourth-order valence-electron chi connectivity index (χ4n) is 2.11. The zero-order valence-electron chi connectivity index (χ0n) is 12.4. The van der Waals surface area contributed by atoms with Crippen LogP contribution in [-0.2, 0) is 11.3 Å². The van der Waals surface area contributed by atoms with Crippen molar-refractivity contribution in [2.45, 2.75) is 58.5 Å². The highest BCUT2D eigenvalue weighted by Crippen LogP contribution is 2.11. The average Bonchev–Trinajstić information content (AvgIpc) is 2.44. The molecule has 0 aliphatic rings. The van der Waals surface area contributed by atoms with E-state index in [1.807, 2.05) is 18.2 Å². The summed E-state index contributed by atoms with van der Waals surface area (Å²) in [6.07, 6.45) is 9.15. The van der Waals surface area contributed by atoms with Crippen molar-refractivity contribution >= 4 is 0 Å². The predicted octanol–water partition coefficient (Wildman–Crippen LogP) is 5.51. The van der Waals surface area contributed by atoms with Crippen LogP contribution in [0.15, 0.2) is 42.5 Å². The molecule has 0 bridgehead atoms. The van der Waals surface area contributed by atoms with Crippen LogP contribution < -0.4 is 0 Å². The summed E-state index contributed by atoms with van der Waals surface area (Å²) in [5, 5.41) is 0. The SMILES string of the molecule is C=C(CCCCCCCC)COCc1ccccc1. The first-order valence-corrected chi connectivity index (χ1v) is 7.61. The Morgan fingerprint density at radius 3 is 2.42 bits per heavy atom. The molecule has 0 radical (unpaired) electrons. The number of rotatable bonds is 11. The number of hydrogen-bond acceptors (Lipinski definition) is 1. The zero-order chi connectivity index (χ0) is 13.8. The van der Waals surface area contributed by atoms with Gasteiger partial charge in [0.2, 0.25) is 0 Å². The molecule has 1 rings (SSSR count). The lowest BCUT2D eigenvalue weighted by Gasteiger charge is -2.07. The molecule has 0 spiro atoms. The Balaban J connectivity index is 1.96. The molecule has 0 aliphatic carbocycles. The molecule has 0 atom stereocenters. The van der Waals surface area contributed by atoms with Gasteiger partial charge in [0.15, 0.2) is 0 Å². The third-order valence-electron chi connectivity index (χ3n) is 3.30. The highest BCUT2D eigenvalue weighted by atomic mass is 16.5. The van der Waals surface area contributed by atoms with Crippen molar-refractivity contribution in [2.75, 3.05) is 6.61 Å². The molecule has 0 aliphatic heterocycles. The first-order chi connectivity index (χ1) is 9.33. The van der Waals surface area contributed by atoms with E-state index in [9.17, 15) is 0 Å². The quantitative estimate of drug-likeness (QED) is 0.376. The first-order valence-electron chi connectivity index (χ1n) is 7.61. The number of hydrogen-bond donors (Lipinski definition) is 0. The van der Waals surface area contributed by atoms with Crippen molar-refractivity contribution in [1.29, 1.82) is 0 Å². The van der Waals surface area contributed by atoms with Crippen molar-refractivity contribution in [2.24, 2.45) is 0 Å². The topological polar surface area (TPSA) is 9.23 Å². The molecule has 0 N–H and O–H groups in total. The molecule has 0 saturated carbocycles. The summed E-state index contributed by atoms with van der Waals surface area (Å²) in [4.78, 5) is 0. The van der Waals surface area contributed by atoms with Crippen LogP contribution >= 0.6 is 0 Å². The fourth-order valence-corrected chi connectivity index (χ4v) is 2.11. The lowest BCUT2D eigenvalue weighted by molar-refractivity contribution is 0.140. The molecule has 0 amide bonds. The maximum Gasteiger partial charge on any atom is 0.0721 e. The van der Waals surface area contributed by atoms with Gasteiger partial charge < -0.3 is 4.74 Å². The summed E-state index contributed by atoms with van der Waals surface area (Å²) in [5.74, 6) is 0. The summed E-state index contributed by atoms with van der Waals surface area (Å²) in [6.45, 7) is 7.74. The average molecular weight is 260 g/mol. The van der Waals surface area contributed by atoms with Crippen LogP contribution in [0.25, 0.3) is 0 Å². The van der Waals surface area contributed by atoms with E-state index in [2.05, 4.69) is 25.6 Å². The second-order valence-corrected chi connectivity index (χ2v) is 5.25. The van der Waals surface area contributed by atoms with Gasteiger partial charge >= 0.3 is 0 Å². The predicted molar refractivity (Wildman–Crippen MR) is 83.2 cm³/mol. The second kappa shape index (κ2) is 10.8. The van der Waals surface area contributed by atoms with Gasteiger partial charge in [-0.2, -0.15) is 0 Å². The van der Waals surface area contributed by atoms with Gasteiger partial charge in [-0.1, -0.05) is 81.5 Å². The Kier molecular flexibility index (Phi) is 9.09. The zero-order valence-corrected chi connectivity index (χ0v) is 12.4. The lowest BCUT2D eigenvalue weighted by Crippen LogP contribution is -1.98. The van der Waals surface area contributed by atoms with E-state index in [0.29, 0.717) is 13.2 Å². The molecule has 0 saturated heterocycles. The molecular formula is C18H28O. The van der Waals surface area contributed by atoms with Crippen LogP contribution in [0.4, 0.5) is 0 Å². The normalized spacial score (nSPS) is 10.6. The molecule has 0 aromatic heterocycles. The minimum absolute atomic E-state index is 0.691. The van der Waals surface area contributed by atoms with Crippen LogP contribution in [0.1, 0.15) is 57.4 Å². The van der Waals surface area contributed by atoms with E-state index < -0.39 is 0 Å². The lowest BCUT2D eigenvalue weighted by atomic mass is 10.1. The Hall–Kier alpha value is -1.08. The van der Waals surface area contributed by atoms with Crippen molar-refractivity contribution in [3.8, 4) is 0 Å². The largest absolute Gasteiger partial charge is 0.372 e. The first kappa shape index (κ1) is 16.0. The minimum atomic E-state index is 0.691. The van der Waals surface area contributed by atoms with Crippen molar-refractivity contribution in [1.82, 2.24) is 0 Å². The molecule has 0 heterocycles. The van der Waals surface area contributed by atoms with Crippen LogP contribution in [0, 0.1) is 0 Å². The van der Waals surface area contributed by atoms with E-state index in [0.717, 1.165) is 6.42 Å². The van der Waals surface area contributed by atoms with Crippen LogP contribution in [0.2, 0.25) is 0 Å². The number of unbranched alkanes of at least 4 members (excludes halogenated alkanes) is 5. The minimum Gasteiger partial charge on any atom is -0.372 e. The van der Waals surface area contributed by atoms with Gasteiger partial charge in [-0.15, -0.1) is 0 Å². The van der Waals surface area contributed by atoms with Gasteiger partial charge in [-0.25, -0.2) is 0 Å². The standard InChI is InChI=1S/C18H28O/c1-3-4-5-6-7-9-12-17(2)15-19-16-18-13-10-8-11-14-18/h8,10-11,13-14H,2-7,9,12,15-16H2,1H3. The van der Waals surface area contributed by atoms with E-state index in [4.69, 9.17) is 4.74 Å². The molecular weight excluding hydrogens is 232 g/mol. The van der Waals surface area contributed by atoms with Gasteiger partial charge in [0.05, 0.1) is 13.2 Å². The maximum atomic E-state index is 5.68. The highest BCUT2D eigenvalue weighted by molar-refractivity contribution is 5.13. The highest BCUT2D eigenvalue weighted by Gasteiger charge is 1.97. The molecule has 0 fully saturated rings. The molecule has 1 aromatic carbocycles. The number of benzene rings is 1. The Labute approximate surface area is 118 Å². The van der Waals surface area contributed by atoms with E-state index in [-0.39, 0.29) is 0 Å². The third kappa shape index (κ3) is 8.61. The summed E-state index contributed by atoms with van der Waals surface area (Å²) in [6, 6.07) is 10.3.